The minimum atomic E-state index is 0. The number of ketones is 4. The molecule has 2 aliphatic carbocycles. The van der Waals surface area contributed by atoms with Crippen molar-refractivity contribution in [2.24, 2.45) is 0 Å². The quantitative estimate of drug-likeness (QED) is 0.0226. The zero-order valence-corrected chi connectivity index (χ0v) is 80.8. The van der Waals surface area contributed by atoms with Crippen LogP contribution in [0.5, 0.6) is 23.0 Å². The zero-order chi connectivity index (χ0) is 95.8. The number of Topliss-reactive ketones (excluding diaryl/α,β-unsaturated/α-hetero) is 4. The molecule has 24 rings (SSSR count). The molecular formula is C117H120N16O8. The smallest absolute Gasteiger partial charge is 0.140 e. The molecule has 24 nitrogen and oxygen atoms in total. The van der Waals surface area contributed by atoms with Gasteiger partial charge in [0.05, 0.1) is 107 Å². The second-order valence-electron chi connectivity index (χ2n) is 37.8. The fraction of sp³-hybridized carbons (Fsp3) is 0.316. The van der Waals surface area contributed by atoms with Gasteiger partial charge in [0.15, 0.2) is 0 Å². The van der Waals surface area contributed by atoms with Gasteiger partial charge in [0, 0.05) is 118 Å². The molecule has 24 heteroatoms. The van der Waals surface area contributed by atoms with E-state index in [0.717, 1.165) is 264 Å². The average Bonchev–Trinajstić information content (AvgIpc) is 1.71. The van der Waals surface area contributed by atoms with Gasteiger partial charge in [-0.05, 0) is 226 Å². The number of benzene rings is 10. The van der Waals surface area contributed by atoms with Crippen LogP contribution in [0.1, 0.15) is 231 Å². The van der Waals surface area contributed by atoms with E-state index in [-0.39, 0.29) is 30.6 Å². The van der Waals surface area contributed by atoms with Crippen molar-refractivity contribution >= 4 is 66.7 Å². The molecule has 12 heterocycles. The second kappa shape index (κ2) is 40.7. The molecule has 141 heavy (non-hydrogen) atoms. The Morgan fingerprint density at radius 3 is 1.02 bits per heavy atom. The van der Waals surface area contributed by atoms with Crippen molar-refractivity contribution in [2.75, 3.05) is 0 Å². The van der Waals surface area contributed by atoms with Gasteiger partial charge in [-0.2, -0.15) is 0 Å². The van der Waals surface area contributed by atoms with Gasteiger partial charge in [0.25, 0.3) is 0 Å². The van der Waals surface area contributed by atoms with Crippen molar-refractivity contribution in [3.8, 4) is 135 Å². The van der Waals surface area contributed by atoms with E-state index in [0.29, 0.717) is 101 Å². The van der Waals surface area contributed by atoms with Crippen molar-refractivity contribution in [2.45, 2.75) is 243 Å². The number of fused-ring (bicyclic) bond motifs is 24. The van der Waals surface area contributed by atoms with E-state index >= 15 is 0 Å². The number of rotatable bonds is 28. The summed E-state index contributed by atoms with van der Waals surface area (Å²) >= 11 is 0. The van der Waals surface area contributed by atoms with E-state index in [1.165, 1.54) is 85.3 Å². The Balaban J connectivity index is 0.000000115. The molecule has 6 aliphatic rings. The highest BCUT2D eigenvalue weighted by Gasteiger charge is 2.32. The maximum atomic E-state index is 11.8. The van der Waals surface area contributed by atoms with Crippen molar-refractivity contribution in [1.82, 2.24) is 79.7 Å². The predicted molar refractivity (Wildman–Crippen MR) is 557 cm³/mol. The highest BCUT2D eigenvalue weighted by molar-refractivity contribution is 6.08. The summed E-state index contributed by atoms with van der Waals surface area (Å²) in [4.78, 5) is 112. The standard InChI is InChI=1S/C29H30N4O2.C29H28N4O2.C29H30N4O2.C29H28N4O2.CH4/c2*1-3-5-6-27-31-24-10-8-17-12-23-21-9-7-18(25-15-30-28(32-25)13-20(34)4-2)11-19(21)16-35-26(23)14-22(17)29(24)33-27;2*1-3-5-6-27-31-24-10-8-17-11-22-19(12-23(17)29(24)33-27)16-35-26-13-18(7-9-21(22)26)25-15-30-28(32-25)14-20(34)4-2;/h7,9,11-12,14-15H,3-6,8,10,13,16H2,1-2H3,(H,30,32)(H,31,33);7-12,14-15H,3-6,13,16H2,1-2H3,(H,30,32)(H,31,33);7,9,11-13,15H,3-6,8,10,14,16H2,1-2H3,(H,30,32)(H,31,33);7-13,15H,3-6,14,16H2,1-2H3,(H,30,32)(H,31,33);1H4. The number of ether oxygens (including phenoxy) is 4. The number of unbranched alkanes of at least 4 members (excludes halogenated alkanes) is 4. The van der Waals surface area contributed by atoms with E-state index in [9.17, 15) is 19.2 Å². The van der Waals surface area contributed by atoms with Crippen LogP contribution < -0.4 is 18.9 Å². The Kier molecular flexibility index (Phi) is 27.0. The van der Waals surface area contributed by atoms with E-state index in [1.807, 2.05) is 33.9 Å². The zero-order valence-electron chi connectivity index (χ0n) is 80.8. The monoisotopic (exact) mass is 1880 g/mol. The predicted octanol–water partition coefficient (Wildman–Crippen LogP) is 25.7. The third-order valence-corrected chi connectivity index (χ3v) is 28.1. The third kappa shape index (κ3) is 19.2. The summed E-state index contributed by atoms with van der Waals surface area (Å²) in [6.45, 7) is 18.4. The van der Waals surface area contributed by atoms with E-state index in [1.54, 1.807) is 18.6 Å². The molecule has 0 atom stereocenters. The summed E-state index contributed by atoms with van der Waals surface area (Å²) in [5.41, 5.74) is 35.8. The van der Waals surface area contributed by atoms with Gasteiger partial charge in [-0.15, -0.1) is 0 Å². The first kappa shape index (κ1) is 93.4. The van der Waals surface area contributed by atoms with Gasteiger partial charge in [-0.1, -0.05) is 137 Å². The average molecular weight is 1880 g/mol. The molecule has 0 spiro atoms. The molecule has 0 unspecified atom stereocenters. The highest BCUT2D eigenvalue weighted by Crippen LogP contribution is 2.50. The summed E-state index contributed by atoms with van der Waals surface area (Å²) in [7, 11) is 0. The number of hydrogen-bond donors (Lipinski definition) is 8. The summed E-state index contributed by atoms with van der Waals surface area (Å²) in [6, 6.07) is 52.0. The molecule has 4 aliphatic heterocycles. The van der Waals surface area contributed by atoms with Crippen LogP contribution in [0, 0.1) is 0 Å². The number of H-pyrrole nitrogens is 8. The van der Waals surface area contributed by atoms with Gasteiger partial charge in [-0.3, -0.25) is 19.2 Å². The highest BCUT2D eigenvalue weighted by atomic mass is 16.5. The summed E-state index contributed by atoms with van der Waals surface area (Å²) in [5.74, 6) is 11.4. The third-order valence-electron chi connectivity index (χ3n) is 28.1. The van der Waals surface area contributed by atoms with Crippen LogP contribution >= 0.6 is 0 Å². The number of aryl methyl sites for hydroxylation is 8. The molecule has 18 aromatic rings. The van der Waals surface area contributed by atoms with Crippen LogP contribution in [0.25, 0.3) is 156 Å². The Morgan fingerprint density at radius 1 is 0.284 bits per heavy atom. The first-order valence-corrected chi connectivity index (χ1v) is 50.2. The minimum absolute atomic E-state index is 0. The van der Waals surface area contributed by atoms with Crippen molar-refractivity contribution in [3.63, 3.8) is 0 Å². The van der Waals surface area contributed by atoms with Gasteiger partial charge in [0.1, 0.15) is 119 Å². The van der Waals surface area contributed by atoms with Crippen LogP contribution in [0.4, 0.5) is 0 Å². The maximum Gasteiger partial charge on any atom is 0.140 e. The summed E-state index contributed by atoms with van der Waals surface area (Å²) in [6.07, 6.45) is 27.9. The Hall–Kier alpha value is -15.2. The molecule has 0 saturated heterocycles. The maximum absolute atomic E-state index is 11.8. The lowest BCUT2D eigenvalue weighted by atomic mass is 9.85. The van der Waals surface area contributed by atoms with Crippen molar-refractivity contribution < 1.29 is 38.1 Å². The molecule has 0 fully saturated rings. The van der Waals surface area contributed by atoms with Crippen LogP contribution in [0.15, 0.2) is 170 Å². The first-order chi connectivity index (χ1) is 68.5. The minimum Gasteiger partial charge on any atom is -0.488 e. The topological polar surface area (TPSA) is 335 Å². The number of aromatic amines is 8. The lowest BCUT2D eigenvalue weighted by molar-refractivity contribution is -0.119. The molecule has 0 bridgehead atoms. The van der Waals surface area contributed by atoms with Crippen LogP contribution in [0.2, 0.25) is 0 Å². The Bertz CT molecular complexity index is 7380. The largest absolute Gasteiger partial charge is 0.488 e. The van der Waals surface area contributed by atoms with Gasteiger partial charge < -0.3 is 58.8 Å². The number of nitrogens with zero attached hydrogens (tertiary/aromatic N) is 8. The van der Waals surface area contributed by atoms with Crippen LogP contribution in [0.3, 0.4) is 0 Å². The lowest BCUT2D eigenvalue weighted by Gasteiger charge is -2.25. The van der Waals surface area contributed by atoms with Crippen LogP contribution in [-0.4, -0.2) is 103 Å². The fourth-order valence-corrected chi connectivity index (χ4v) is 20.1. The van der Waals surface area contributed by atoms with Crippen LogP contribution in [-0.2, 0) is 123 Å². The number of hydrogen-bond acceptors (Lipinski definition) is 16. The summed E-state index contributed by atoms with van der Waals surface area (Å²) < 4.78 is 24.9. The Labute approximate surface area is 819 Å². The van der Waals surface area contributed by atoms with Gasteiger partial charge >= 0.3 is 0 Å². The molecule has 0 saturated carbocycles. The normalized spacial score (nSPS) is 12.9. The van der Waals surface area contributed by atoms with E-state index < -0.39 is 0 Å². The number of imidazole rings is 8. The Morgan fingerprint density at radius 2 is 0.610 bits per heavy atom. The molecule has 10 aromatic carbocycles. The number of aromatic nitrogens is 16. The summed E-state index contributed by atoms with van der Waals surface area (Å²) in [5, 5.41) is 4.62. The van der Waals surface area contributed by atoms with Gasteiger partial charge in [0.2, 0.25) is 0 Å². The molecular weight excluding hydrogens is 1760 g/mol. The van der Waals surface area contributed by atoms with Crippen molar-refractivity contribution in [1.29, 1.82) is 0 Å². The molecule has 0 amide bonds. The van der Waals surface area contributed by atoms with E-state index in [4.69, 9.17) is 38.9 Å². The second-order valence-corrected chi connectivity index (χ2v) is 37.8. The molecule has 8 aromatic heterocycles. The molecule has 0 radical (unpaired) electrons. The number of nitrogens with one attached hydrogen (secondary N) is 8. The number of carbonyl (C=O) groups excluding carboxylic acids is 4. The van der Waals surface area contributed by atoms with Crippen molar-refractivity contribution in [3.05, 3.63) is 262 Å². The lowest BCUT2D eigenvalue weighted by Crippen LogP contribution is -2.10. The molecule has 8 N–H and O–H groups in total. The molecule has 716 valence electrons. The SMILES string of the molecule is C.CCCCc1nc2c([nH]1)CCc1cc3c(cc1-2)COc1cc(-c2cnc(CC(=O)CC)[nH]2)ccc1-3.CCCCc1nc2c([nH]1)CCc1cc3c(cc1-2)OCc1cc(-c2cnc(CC(=O)CC)[nH]2)ccc1-3.CCCCc1nc2c(ccc3cc4c(cc32)COc2cc(-c3cnc(CC(=O)CC)[nH]3)ccc2-4)[nH]1.CCCCc1nc2c(ccc3cc4c(cc32)OCc2cc(-c3cnc(CC(=O)CC)[nH]3)ccc2-4)[nH]1. The first-order valence-electron chi connectivity index (χ1n) is 50.2. The van der Waals surface area contributed by atoms with E-state index in [2.05, 4.69) is 233 Å². The fourth-order valence-electron chi connectivity index (χ4n) is 20.1. The number of carbonyl (C=O) groups is 4. The van der Waals surface area contributed by atoms with Gasteiger partial charge in [-0.25, -0.2) is 39.9 Å².